The molecule has 1 aromatic heterocycles. The quantitative estimate of drug-likeness (QED) is 0.174. The summed E-state index contributed by atoms with van der Waals surface area (Å²) in [7, 11) is 0. The van der Waals surface area contributed by atoms with Crippen molar-refractivity contribution in [1.29, 1.82) is 5.26 Å². The molecule has 7 heteroatoms. The second kappa shape index (κ2) is 14.4. The molecule has 0 amide bonds. The summed E-state index contributed by atoms with van der Waals surface area (Å²) in [5.41, 5.74) is 5.40. The highest BCUT2D eigenvalue weighted by molar-refractivity contribution is 6.36. The van der Waals surface area contributed by atoms with Gasteiger partial charge in [-0.3, -0.25) is 0 Å². The molecule has 0 bridgehead atoms. The molecule has 2 fully saturated rings. The zero-order valence-corrected chi connectivity index (χ0v) is 25.5. The highest BCUT2D eigenvalue weighted by Gasteiger charge is 2.29. The average molecular weight is 577 g/mol. The van der Waals surface area contributed by atoms with E-state index < -0.39 is 0 Å². The van der Waals surface area contributed by atoms with Crippen LogP contribution in [0.4, 0.5) is 11.4 Å². The van der Waals surface area contributed by atoms with Crippen LogP contribution in [0.15, 0.2) is 42.6 Å². The van der Waals surface area contributed by atoms with Crippen molar-refractivity contribution in [2.24, 2.45) is 5.92 Å². The standard InChI is InChI=1S/C34H45ClN4O2/c1-3-5-20-40-34(41-21-6-4-2)26-15-18-38(19-16-26)29-11-9-25(10-12-29)27-8-7-17-39(24-27)31-14-13-30(35)32-28(22-36)23-37-33(31)32/h9-14,23,26-27,34,37H,3-8,15-21,24H2,1-2H3. The van der Waals surface area contributed by atoms with Crippen molar-refractivity contribution < 1.29 is 9.47 Å². The average Bonchev–Trinajstić information content (AvgIpc) is 3.46. The molecular weight excluding hydrogens is 532 g/mol. The number of H-pyrrole nitrogens is 1. The molecule has 1 N–H and O–H groups in total. The monoisotopic (exact) mass is 576 g/mol. The molecule has 0 radical (unpaired) electrons. The largest absolute Gasteiger partial charge is 0.372 e. The fourth-order valence-corrected chi connectivity index (χ4v) is 6.67. The van der Waals surface area contributed by atoms with E-state index >= 15 is 0 Å². The molecule has 220 valence electrons. The van der Waals surface area contributed by atoms with Crippen molar-refractivity contribution >= 4 is 33.9 Å². The van der Waals surface area contributed by atoms with Crippen LogP contribution in [-0.4, -0.2) is 50.7 Å². The number of ether oxygens (including phenoxy) is 2. The van der Waals surface area contributed by atoms with Crippen LogP contribution in [0.1, 0.15) is 82.3 Å². The van der Waals surface area contributed by atoms with Crippen molar-refractivity contribution in [3.05, 3.63) is 58.7 Å². The summed E-state index contributed by atoms with van der Waals surface area (Å²) in [4.78, 5) is 8.28. The minimum absolute atomic E-state index is 0.0637. The predicted octanol–water partition coefficient (Wildman–Crippen LogP) is 8.25. The lowest BCUT2D eigenvalue weighted by molar-refractivity contribution is -0.177. The number of nitriles is 1. The van der Waals surface area contributed by atoms with E-state index in [1.165, 1.54) is 17.7 Å². The number of hydrogen-bond acceptors (Lipinski definition) is 5. The zero-order chi connectivity index (χ0) is 28.6. The number of hydrogen-bond donors (Lipinski definition) is 1. The molecule has 3 heterocycles. The third-order valence-corrected chi connectivity index (χ3v) is 9.17. The summed E-state index contributed by atoms with van der Waals surface area (Å²) >= 11 is 6.47. The van der Waals surface area contributed by atoms with E-state index in [-0.39, 0.29) is 6.29 Å². The molecule has 1 atom stereocenters. The Hall–Kier alpha value is -2.72. The summed E-state index contributed by atoms with van der Waals surface area (Å²) < 4.78 is 12.4. The molecule has 1 unspecified atom stereocenters. The van der Waals surface area contributed by atoms with Crippen LogP contribution in [0.5, 0.6) is 0 Å². The summed E-state index contributed by atoms with van der Waals surface area (Å²) in [6.45, 7) is 10.0. The molecule has 2 aliphatic heterocycles. The molecule has 0 spiro atoms. The maximum absolute atomic E-state index is 9.52. The molecule has 41 heavy (non-hydrogen) atoms. The number of unbranched alkanes of at least 4 members (excludes halogenated alkanes) is 2. The number of nitrogens with one attached hydrogen (secondary N) is 1. The maximum Gasteiger partial charge on any atom is 0.160 e. The Labute approximate surface area is 250 Å². The lowest BCUT2D eigenvalue weighted by Gasteiger charge is -2.37. The molecular formula is C34H45ClN4O2. The van der Waals surface area contributed by atoms with Crippen LogP contribution in [0, 0.1) is 17.2 Å². The van der Waals surface area contributed by atoms with E-state index in [0.717, 1.165) is 101 Å². The van der Waals surface area contributed by atoms with Gasteiger partial charge < -0.3 is 24.3 Å². The number of aromatic amines is 1. The van der Waals surface area contributed by atoms with Crippen LogP contribution in [-0.2, 0) is 9.47 Å². The van der Waals surface area contributed by atoms with E-state index in [1.54, 1.807) is 6.20 Å². The Morgan fingerprint density at radius 1 is 0.951 bits per heavy atom. The smallest absolute Gasteiger partial charge is 0.160 e. The van der Waals surface area contributed by atoms with Gasteiger partial charge in [-0.1, -0.05) is 50.4 Å². The SMILES string of the molecule is CCCCOC(OCCCC)C1CCN(c2ccc(C3CCCN(c4ccc(Cl)c5c(C#N)c[nH]c45)C3)cc2)CC1. The van der Waals surface area contributed by atoms with Crippen molar-refractivity contribution in [3.8, 4) is 6.07 Å². The van der Waals surface area contributed by atoms with Gasteiger partial charge in [0.15, 0.2) is 6.29 Å². The topological polar surface area (TPSA) is 64.5 Å². The van der Waals surface area contributed by atoms with Crippen molar-refractivity contribution in [2.45, 2.75) is 77.4 Å². The van der Waals surface area contributed by atoms with Crippen molar-refractivity contribution in [3.63, 3.8) is 0 Å². The van der Waals surface area contributed by atoms with Gasteiger partial charge >= 0.3 is 0 Å². The van der Waals surface area contributed by atoms with E-state index in [9.17, 15) is 5.26 Å². The van der Waals surface area contributed by atoms with Crippen molar-refractivity contribution in [1.82, 2.24) is 4.98 Å². The maximum atomic E-state index is 9.52. The lowest BCUT2D eigenvalue weighted by atomic mass is 9.89. The number of nitrogens with zero attached hydrogens (tertiary/aromatic N) is 3. The molecule has 0 aliphatic carbocycles. The number of fused-ring (bicyclic) bond motifs is 1. The third-order valence-electron chi connectivity index (χ3n) is 8.86. The normalized spacial score (nSPS) is 18.4. The first-order valence-corrected chi connectivity index (χ1v) is 16.0. The molecule has 2 saturated heterocycles. The molecule has 0 saturated carbocycles. The molecule has 3 aromatic rings. The molecule has 5 rings (SSSR count). The first-order chi connectivity index (χ1) is 20.1. The summed E-state index contributed by atoms with van der Waals surface area (Å²) in [6, 6.07) is 15.6. The number of anilines is 2. The van der Waals surface area contributed by atoms with E-state index in [0.29, 0.717) is 22.4 Å². The number of halogens is 1. The van der Waals surface area contributed by atoms with Gasteiger partial charge in [-0.25, -0.2) is 0 Å². The van der Waals surface area contributed by atoms with Crippen LogP contribution in [0.25, 0.3) is 10.9 Å². The fourth-order valence-electron chi connectivity index (χ4n) is 6.41. The number of aromatic nitrogens is 1. The Morgan fingerprint density at radius 3 is 2.32 bits per heavy atom. The summed E-state index contributed by atoms with van der Waals surface area (Å²) in [5, 5.41) is 11.0. The predicted molar refractivity (Wildman–Crippen MR) is 169 cm³/mol. The Kier molecular flexibility index (Phi) is 10.5. The minimum atomic E-state index is -0.0637. The van der Waals surface area contributed by atoms with Gasteiger partial charge in [0.05, 0.1) is 21.8 Å². The lowest BCUT2D eigenvalue weighted by Crippen LogP contribution is -2.40. The highest BCUT2D eigenvalue weighted by Crippen LogP contribution is 2.38. The van der Waals surface area contributed by atoms with Gasteiger partial charge in [-0.05, 0) is 68.4 Å². The van der Waals surface area contributed by atoms with Gasteiger partial charge in [-0.15, -0.1) is 0 Å². The van der Waals surface area contributed by atoms with E-state index in [2.05, 4.69) is 65.0 Å². The zero-order valence-electron chi connectivity index (χ0n) is 24.7. The second-order valence-corrected chi connectivity index (χ2v) is 12.1. The van der Waals surface area contributed by atoms with E-state index in [4.69, 9.17) is 21.1 Å². The number of rotatable bonds is 12. The second-order valence-electron chi connectivity index (χ2n) is 11.6. The first-order valence-electron chi connectivity index (χ1n) is 15.7. The van der Waals surface area contributed by atoms with Gasteiger partial charge in [0.25, 0.3) is 0 Å². The van der Waals surface area contributed by atoms with Gasteiger partial charge in [-0.2, -0.15) is 5.26 Å². The Bertz CT molecular complexity index is 1280. The molecule has 6 nitrogen and oxygen atoms in total. The molecule has 2 aromatic carbocycles. The summed E-state index contributed by atoms with van der Waals surface area (Å²) in [5.74, 6) is 0.941. The van der Waals surface area contributed by atoms with Crippen LogP contribution < -0.4 is 9.80 Å². The third kappa shape index (κ3) is 7.02. The van der Waals surface area contributed by atoms with Crippen LogP contribution >= 0.6 is 11.6 Å². The Balaban J connectivity index is 1.20. The summed E-state index contributed by atoms with van der Waals surface area (Å²) in [6.07, 6.45) is 10.7. The molecule has 2 aliphatic rings. The fraction of sp³-hybridized carbons (Fsp3) is 0.559. The minimum Gasteiger partial charge on any atom is -0.372 e. The number of piperidine rings is 2. The van der Waals surface area contributed by atoms with E-state index in [1.807, 2.05) is 6.07 Å². The van der Waals surface area contributed by atoms with Gasteiger partial charge in [0, 0.05) is 68.5 Å². The van der Waals surface area contributed by atoms with Crippen LogP contribution in [0.3, 0.4) is 0 Å². The highest BCUT2D eigenvalue weighted by atomic mass is 35.5. The Morgan fingerprint density at radius 2 is 1.66 bits per heavy atom. The van der Waals surface area contributed by atoms with Crippen molar-refractivity contribution in [2.75, 3.05) is 49.2 Å². The van der Waals surface area contributed by atoms with Gasteiger partial charge in [0.2, 0.25) is 0 Å². The van der Waals surface area contributed by atoms with Crippen LogP contribution in [0.2, 0.25) is 5.02 Å². The van der Waals surface area contributed by atoms with Gasteiger partial charge in [0.1, 0.15) is 6.07 Å². The number of benzene rings is 2. The first kappa shape index (κ1) is 29.8.